The molecule has 0 amide bonds. The highest BCUT2D eigenvalue weighted by Crippen LogP contribution is 2.47. The van der Waals surface area contributed by atoms with Crippen molar-refractivity contribution in [3.8, 4) is 5.75 Å². The molecule has 0 aliphatic heterocycles. The number of nitrogens with zero attached hydrogens (tertiary/aromatic N) is 1. The van der Waals surface area contributed by atoms with Gasteiger partial charge in [-0.15, -0.1) is 12.4 Å². The molecular weight excluding hydrogens is 270 g/mol. The van der Waals surface area contributed by atoms with Gasteiger partial charge in [0.05, 0.1) is 7.11 Å². The molecule has 0 spiro atoms. The van der Waals surface area contributed by atoms with E-state index in [4.69, 9.17) is 4.74 Å². The number of halogens is 1. The fourth-order valence-corrected chi connectivity index (χ4v) is 4.17. The number of hydrogen-bond acceptors (Lipinski definition) is 2. The van der Waals surface area contributed by atoms with E-state index in [-0.39, 0.29) is 12.4 Å². The second kappa shape index (κ2) is 6.36. The summed E-state index contributed by atoms with van der Waals surface area (Å²) >= 11 is 0. The van der Waals surface area contributed by atoms with Gasteiger partial charge in [-0.1, -0.05) is 6.07 Å². The van der Waals surface area contributed by atoms with Crippen LogP contribution in [-0.4, -0.2) is 32.6 Å². The lowest BCUT2D eigenvalue weighted by molar-refractivity contribution is 0.248. The quantitative estimate of drug-likeness (QED) is 0.844. The molecule has 0 saturated heterocycles. The second-order valence-corrected chi connectivity index (χ2v) is 6.38. The Labute approximate surface area is 128 Å². The molecule has 3 rings (SSSR count). The van der Waals surface area contributed by atoms with E-state index in [0.29, 0.717) is 0 Å². The maximum atomic E-state index is 5.59. The zero-order valence-electron chi connectivity index (χ0n) is 12.8. The summed E-state index contributed by atoms with van der Waals surface area (Å²) in [4.78, 5) is 2.35. The van der Waals surface area contributed by atoms with Gasteiger partial charge in [0.15, 0.2) is 0 Å². The van der Waals surface area contributed by atoms with Crippen LogP contribution in [0.2, 0.25) is 0 Å². The normalized spacial score (nSPS) is 24.0. The van der Waals surface area contributed by atoms with Crippen LogP contribution in [0.15, 0.2) is 12.1 Å². The molecule has 2 atom stereocenters. The van der Waals surface area contributed by atoms with E-state index in [2.05, 4.69) is 31.1 Å². The fraction of sp³-hybridized carbons (Fsp3) is 0.647. The molecule has 1 aromatic rings. The summed E-state index contributed by atoms with van der Waals surface area (Å²) in [6.07, 6.45) is 6.49. The third-order valence-electron chi connectivity index (χ3n) is 4.89. The standard InChI is InChI=1S/C17H25NO.ClH/c1-18(2)11-13-8-7-12-9-10-16(19-3)15-6-4-5-14(13)17(12)15;/h9-10,13-14H,4-8,11H2,1-3H3;1H. The number of aryl methyl sites for hydroxylation is 1. The van der Waals surface area contributed by atoms with Gasteiger partial charge in [0.1, 0.15) is 5.75 Å². The zero-order chi connectivity index (χ0) is 13.4. The first kappa shape index (κ1) is 15.7. The van der Waals surface area contributed by atoms with Crippen LogP contribution in [0.5, 0.6) is 5.75 Å². The molecule has 2 aliphatic carbocycles. The maximum Gasteiger partial charge on any atom is 0.122 e. The highest BCUT2D eigenvalue weighted by Gasteiger charge is 2.34. The number of rotatable bonds is 3. The van der Waals surface area contributed by atoms with Gasteiger partial charge >= 0.3 is 0 Å². The molecule has 3 heteroatoms. The first-order chi connectivity index (χ1) is 9.20. The Balaban J connectivity index is 0.00000147. The molecular formula is C17H26ClNO. The molecule has 20 heavy (non-hydrogen) atoms. The summed E-state index contributed by atoms with van der Waals surface area (Å²) in [5.74, 6) is 2.72. The summed E-state index contributed by atoms with van der Waals surface area (Å²) in [5, 5.41) is 0. The molecule has 0 heterocycles. The van der Waals surface area contributed by atoms with Crippen LogP contribution < -0.4 is 4.74 Å². The number of benzene rings is 1. The number of methoxy groups -OCH3 is 1. The third kappa shape index (κ3) is 2.68. The molecule has 0 N–H and O–H groups in total. The monoisotopic (exact) mass is 295 g/mol. The van der Waals surface area contributed by atoms with Crippen LogP contribution in [0.25, 0.3) is 0 Å². The lowest BCUT2D eigenvalue weighted by Gasteiger charge is -2.39. The minimum atomic E-state index is 0. The second-order valence-electron chi connectivity index (χ2n) is 6.38. The molecule has 0 bridgehead atoms. The van der Waals surface area contributed by atoms with E-state index >= 15 is 0 Å². The summed E-state index contributed by atoms with van der Waals surface area (Å²) in [5.41, 5.74) is 4.76. The van der Waals surface area contributed by atoms with Gasteiger partial charge in [-0.2, -0.15) is 0 Å². The van der Waals surface area contributed by atoms with Crippen molar-refractivity contribution >= 4 is 12.4 Å². The van der Waals surface area contributed by atoms with E-state index in [0.717, 1.165) is 17.6 Å². The third-order valence-corrected chi connectivity index (χ3v) is 4.89. The van der Waals surface area contributed by atoms with Gasteiger partial charge in [-0.3, -0.25) is 0 Å². The van der Waals surface area contributed by atoms with Crippen LogP contribution in [-0.2, 0) is 12.8 Å². The van der Waals surface area contributed by atoms with Crippen molar-refractivity contribution in [2.24, 2.45) is 5.92 Å². The van der Waals surface area contributed by atoms with Crippen molar-refractivity contribution in [3.05, 3.63) is 28.8 Å². The molecule has 2 unspecified atom stereocenters. The smallest absolute Gasteiger partial charge is 0.122 e. The minimum Gasteiger partial charge on any atom is -0.496 e. The van der Waals surface area contributed by atoms with Crippen LogP contribution in [0.3, 0.4) is 0 Å². The van der Waals surface area contributed by atoms with Crippen LogP contribution in [0.4, 0.5) is 0 Å². The summed E-state index contributed by atoms with van der Waals surface area (Å²) < 4.78 is 5.59. The lowest BCUT2D eigenvalue weighted by atomic mass is 9.68. The molecule has 0 aromatic heterocycles. The first-order valence-corrected chi connectivity index (χ1v) is 7.54. The maximum absolute atomic E-state index is 5.59. The summed E-state index contributed by atoms with van der Waals surface area (Å²) in [6.45, 7) is 1.22. The van der Waals surface area contributed by atoms with Gasteiger partial charge in [0.2, 0.25) is 0 Å². The highest BCUT2D eigenvalue weighted by molar-refractivity contribution is 5.85. The molecule has 2 nitrogen and oxygen atoms in total. The van der Waals surface area contributed by atoms with Crippen LogP contribution in [0.1, 0.15) is 41.9 Å². The van der Waals surface area contributed by atoms with Gasteiger partial charge in [-0.05, 0) is 80.8 Å². The predicted octanol–water partition coefficient (Wildman–Crippen LogP) is 3.66. The van der Waals surface area contributed by atoms with Crippen molar-refractivity contribution in [2.75, 3.05) is 27.7 Å². The molecule has 0 saturated carbocycles. The van der Waals surface area contributed by atoms with E-state index in [1.54, 1.807) is 11.1 Å². The van der Waals surface area contributed by atoms with Crippen molar-refractivity contribution in [1.29, 1.82) is 0 Å². The van der Waals surface area contributed by atoms with Crippen LogP contribution in [0, 0.1) is 5.92 Å². The molecule has 0 radical (unpaired) electrons. The average Bonchev–Trinajstić information content (AvgIpc) is 2.42. The lowest BCUT2D eigenvalue weighted by Crippen LogP contribution is -2.32. The molecule has 0 fully saturated rings. The SMILES string of the molecule is COc1ccc2c3c1CCCC3C(CN(C)C)CC2.Cl. The molecule has 112 valence electrons. The Hall–Kier alpha value is -0.730. The highest BCUT2D eigenvalue weighted by atomic mass is 35.5. The summed E-state index contributed by atoms with van der Waals surface area (Å²) in [6, 6.07) is 4.49. The van der Waals surface area contributed by atoms with Crippen molar-refractivity contribution < 1.29 is 4.74 Å². The Morgan fingerprint density at radius 1 is 1.20 bits per heavy atom. The van der Waals surface area contributed by atoms with Gasteiger partial charge in [-0.25, -0.2) is 0 Å². The van der Waals surface area contributed by atoms with Gasteiger partial charge < -0.3 is 9.64 Å². The molecule has 2 aliphatic rings. The van der Waals surface area contributed by atoms with E-state index in [1.165, 1.54) is 44.2 Å². The zero-order valence-corrected chi connectivity index (χ0v) is 13.6. The Kier molecular flexibility index (Phi) is 4.98. The first-order valence-electron chi connectivity index (χ1n) is 7.54. The fourth-order valence-electron chi connectivity index (χ4n) is 4.17. The topological polar surface area (TPSA) is 12.5 Å². The Morgan fingerprint density at radius 3 is 2.70 bits per heavy atom. The summed E-state index contributed by atoms with van der Waals surface area (Å²) in [7, 11) is 6.21. The van der Waals surface area contributed by atoms with Crippen molar-refractivity contribution in [3.63, 3.8) is 0 Å². The van der Waals surface area contributed by atoms with Crippen LogP contribution >= 0.6 is 12.4 Å². The number of ether oxygens (including phenoxy) is 1. The van der Waals surface area contributed by atoms with E-state index < -0.39 is 0 Å². The predicted molar refractivity (Wildman–Crippen MR) is 86.3 cm³/mol. The Bertz CT molecular complexity index is 472. The molecule has 1 aromatic carbocycles. The van der Waals surface area contributed by atoms with Gasteiger partial charge in [0.25, 0.3) is 0 Å². The van der Waals surface area contributed by atoms with E-state index in [9.17, 15) is 0 Å². The minimum absolute atomic E-state index is 0. The Morgan fingerprint density at radius 2 is 2.00 bits per heavy atom. The van der Waals surface area contributed by atoms with E-state index in [1.807, 2.05) is 7.11 Å². The largest absolute Gasteiger partial charge is 0.496 e. The van der Waals surface area contributed by atoms with Gasteiger partial charge in [0, 0.05) is 6.54 Å². The van der Waals surface area contributed by atoms with Crippen molar-refractivity contribution in [1.82, 2.24) is 4.90 Å². The number of hydrogen-bond donors (Lipinski definition) is 0. The van der Waals surface area contributed by atoms with Crippen molar-refractivity contribution in [2.45, 2.75) is 38.0 Å². The average molecular weight is 296 g/mol.